The van der Waals surface area contributed by atoms with Crippen molar-refractivity contribution in [2.75, 3.05) is 11.9 Å². The van der Waals surface area contributed by atoms with Crippen LogP contribution in [0.1, 0.15) is 19.3 Å². The Kier molecular flexibility index (Phi) is 5.19. The number of rotatable bonds is 5. The van der Waals surface area contributed by atoms with Crippen LogP contribution in [0.3, 0.4) is 0 Å². The van der Waals surface area contributed by atoms with Crippen molar-refractivity contribution in [1.82, 2.24) is 4.90 Å². The highest BCUT2D eigenvalue weighted by Crippen LogP contribution is 2.35. The molecular weight excluding hydrogens is 339 g/mol. The number of nitrogens with zero attached hydrogens (tertiary/aromatic N) is 1. The Morgan fingerprint density at radius 1 is 1.24 bits per heavy atom. The summed E-state index contributed by atoms with van der Waals surface area (Å²) >= 11 is 17.8. The van der Waals surface area contributed by atoms with Crippen molar-refractivity contribution in [3.63, 3.8) is 0 Å². The Bertz CT molecular complexity index is 553. The van der Waals surface area contributed by atoms with Crippen LogP contribution in [-0.4, -0.2) is 34.6 Å². The van der Waals surface area contributed by atoms with Gasteiger partial charge in [-0.15, -0.1) is 0 Å². The first-order valence-corrected chi connectivity index (χ1v) is 7.46. The van der Waals surface area contributed by atoms with Crippen molar-refractivity contribution in [1.29, 1.82) is 0 Å². The van der Waals surface area contributed by atoms with Gasteiger partial charge in [-0.3, -0.25) is 4.79 Å². The zero-order valence-corrected chi connectivity index (χ0v) is 13.2. The van der Waals surface area contributed by atoms with Gasteiger partial charge in [0.05, 0.1) is 22.2 Å². The van der Waals surface area contributed by atoms with Crippen LogP contribution < -0.4 is 5.32 Å². The summed E-state index contributed by atoms with van der Waals surface area (Å²) in [5.41, 5.74) is 0.272. The maximum atomic E-state index is 12.3. The minimum atomic E-state index is -0.948. The fourth-order valence-corrected chi connectivity index (χ4v) is 2.80. The Morgan fingerprint density at radius 3 is 2.29 bits per heavy atom. The lowest BCUT2D eigenvalue weighted by Gasteiger charge is -2.22. The number of amides is 2. The van der Waals surface area contributed by atoms with Gasteiger partial charge in [0.15, 0.2) is 0 Å². The van der Waals surface area contributed by atoms with Crippen LogP contribution in [0, 0.1) is 0 Å². The van der Waals surface area contributed by atoms with Gasteiger partial charge in [-0.05, 0) is 25.0 Å². The molecular formula is C13H13Cl3N2O3. The molecule has 0 heterocycles. The number of hydrogen-bond donors (Lipinski definition) is 2. The standard InChI is InChI=1S/C13H13Cl3N2O3/c14-7-5-9(15)12(10(16)6-7)17-13(21)18(8-1-2-8)4-3-11(19)20/h5-6,8H,1-4H2,(H,17,21)(H,19,20). The number of hydrogen-bond acceptors (Lipinski definition) is 2. The molecule has 2 N–H and O–H groups in total. The van der Waals surface area contributed by atoms with Gasteiger partial charge in [-0.2, -0.15) is 0 Å². The van der Waals surface area contributed by atoms with Gasteiger partial charge in [0, 0.05) is 17.6 Å². The molecule has 1 saturated carbocycles. The van der Waals surface area contributed by atoms with Crippen molar-refractivity contribution >= 4 is 52.5 Å². The fraction of sp³-hybridized carbons (Fsp3) is 0.385. The van der Waals surface area contributed by atoms with Gasteiger partial charge in [0.2, 0.25) is 0 Å². The lowest BCUT2D eigenvalue weighted by atomic mass is 10.3. The second-order valence-electron chi connectivity index (χ2n) is 4.74. The predicted octanol–water partition coefficient (Wildman–Crippen LogP) is 4.12. The molecule has 1 fully saturated rings. The van der Waals surface area contributed by atoms with E-state index in [0.717, 1.165) is 12.8 Å². The topological polar surface area (TPSA) is 69.6 Å². The molecule has 2 rings (SSSR count). The number of urea groups is 1. The van der Waals surface area contributed by atoms with Crippen molar-refractivity contribution in [3.05, 3.63) is 27.2 Å². The molecule has 0 aliphatic heterocycles. The van der Waals surface area contributed by atoms with E-state index >= 15 is 0 Å². The van der Waals surface area contributed by atoms with Gasteiger partial charge in [0.1, 0.15) is 0 Å². The van der Waals surface area contributed by atoms with E-state index in [1.807, 2.05) is 0 Å². The van der Waals surface area contributed by atoms with Crippen molar-refractivity contribution in [2.24, 2.45) is 0 Å². The molecule has 0 aromatic heterocycles. The molecule has 0 unspecified atom stereocenters. The van der Waals surface area contributed by atoms with Gasteiger partial charge in [-0.1, -0.05) is 34.8 Å². The van der Waals surface area contributed by atoms with Crippen LogP contribution in [-0.2, 0) is 4.79 Å². The molecule has 8 heteroatoms. The minimum Gasteiger partial charge on any atom is -0.481 e. The van der Waals surface area contributed by atoms with E-state index in [4.69, 9.17) is 39.9 Å². The average molecular weight is 352 g/mol. The first-order chi connectivity index (χ1) is 9.88. The van der Waals surface area contributed by atoms with Crippen LogP contribution in [0.15, 0.2) is 12.1 Å². The smallest absolute Gasteiger partial charge is 0.322 e. The monoisotopic (exact) mass is 350 g/mol. The molecule has 114 valence electrons. The predicted molar refractivity (Wildman–Crippen MR) is 82.5 cm³/mol. The molecule has 2 amide bonds. The summed E-state index contributed by atoms with van der Waals surface area (Å²) < 4.78 is 0. The van der Waals surface area contributed by atoms with E-state index in [1.54, 1.807) is 0 Å². The number of anilines is 1. The average Bonchev–Trinajstić information content (AvgIpc) is 3.18. The normalized spacial score (nSPS) is 13.9. The fourth-order valence-electron chi connectivity index (χ4n) is 1.89. The number of benzene rings is 1. The second kappa shape index (κ2) is 6.73. The Labute approximate surface area is 136 Å². The zero-order chi connectivity index (χ0) is 15.6. The molecule has 1 aromatic carbocycles. The molecule has 1 aromatic rings. The summed E-state index contributed by atoms with van der Waals surface area (Å²) in [5, 5.41) is 12.2. The Hall–Kier alpha value is -1.17. The Balaban J connectivity index is 2.10. The largest absolute Gasteiger partial charge is 0.481 e. The number of carbonyl (C=O) groups is 2. The maximum absolute atomic E-state index is 12.3. The summed E-state index contributed by atoms with van der Waals surface area (Å²) in [6.45, 7) is 0.147. The molecule has 0 bridgehead atoms. The number of carboxylic acid groups (broad SMARTS) is 1. The van der Waals surface area contributed by atoms with Crippen molar-refractivity contribution in [3.8, 4) is 0 Å². The highest BCUT2D eigenvalue weighted by molar-refractivity contribution is 6.42. The van der Waals surface area contributed by atoms with Crippen LogP contribution >= 0.6 is 34.8 Å². The lowest BCUT2D eigenvalue weighted by molar-refractivity contribution is -0.137. The van der Waals surface area contributed by atoms with Crippen LogP contribution in [0.25, 0.3) is 0 Å². The lowest BCUT2D eigenvalue weighted by Crippen LogP contribution is -2.38. The number of nitrogens with one attached hydrogen (secondary N) is 1. The van der Waals surface area contributed by atoms with E-state index in [-0.39, 0.29) is 34.7 Å². The third-order valence-electron chi connectivity index (χ3n) is 3.05. The summed E-state index contributed by atoms with van der Waals surface area (Å²) in [7, 11) is 0. The van der Waals surface area contributed by atoms with Crippen LogP contribution in [0.4, 0.5) is 10.5 Å². The summed E-state index contributed by atoms with van der Waals surface area (Å²) in [4.78, 5) is 24.4. The molecule has 5 nitrogen and oxygen atoms in total. The van der Waals surface area contributed by atoms with E-state index < -0.39 is 12.0 Å². The van der Waals surface area contributed by atoms with E-state index in [9.17, 15) is 9.59 Å². The zero-order valence-electron chi connectivity index (χ0n) is 10.9. The maximum Gasteiger partial charge on any atom is 0.322 e. The van der Waals surface area contributed by atoms with Gasteiger partial charge < -0.3 is 15.3 Å². The number of carboxylic acids is 1. The second-order valence-corrected chi connectivity index (χ2v) is 5.99. The SMILES string of the molecule is O=C(O)CCN(C(=O)Nc1c(Cl)cc(Cl)cc1Cl)C1CC1. The molecule has 0 saturated heterocycles. The van der Waals surface area contributed by atoms with Gasteiger partial charge >= 0.3 is 12.0 Å². The third kappa shape index (κ3) is 4.40. The van der Waals surface area contributed by atoms with E-state index in [0.29, 0.717) is 5.02 Å². The summed E-state index contributed by atoms with van der Waals surface area (Å²) in [5.74, 6) is -0.948. The highest BCUT2D eigenvalue weighted by atomic mass is 35.5. The first-order valence-electron chi connectivity index (χ1n) is 6.32. The number of carbonyl (C=O) groups excluding carboxylic acids is 1. The van der Waals surface area contributed by atoms with E-state index in [1.165, 1.54) is 17.0 Å². The third-order valence-corrected chi connectivity index (χ3v) is 3.87. The van der Waals surface area contributed by atoms with E-state index in [2.05, 4.69) is 5.32 Å². The van der Waals surface area contributed by atoms with Crippen molar-refractivity contribution in [2.45, 2.75) is 25.3 Å². The van der Waals surface area contributed by atoms with Gasteiger partial charge in [-0.25, -0.2) is 4.79 Å². The molecule has 0 spiro atoms. The molecule has 1 aliphatic rings. The van der Waals surface area contributed by atoms with Crippen LogP contribution in [0.2, 0.25) is 15.1 Å². The number of halogens is 3. The van der Waals surface area contributed by atoms with Gasteiger partial charge in [0.25, 0.3) is 0 Å². The first kappa shape index (κ1) is 16.2. The minimum absolute atomic E-state index is 0.0780. The molecule has 0 radical (unpaired) electrons. The summed E-state index contributed by atoms with van der Waals surface area (Å²) in [6, 6.07) is 2.62. The van der Waals surface area contributed by atoms with Crippen molar-refractivity contribution < 1.29 is 14.7 Å². The Morgan fingerprint density at radius 2 is 1.81 bits per heavy atom. The molecule has 1 aliphatic carbocycles. The molecule has 0 atom stereocenters. The summed E-state index contributed by atoms with van der Waals surface area (Å²) in [6.07, 6.45) is 1.64. The molecule has 21 heavy (non-hydrogen) atoms. The highest BCUT2D eigenvalue weighted by Gasteiger charge is 2.33. The van der Waals surface area contributed by atoms with Crippen LogP contribution in [0.5, 0.6) is 0 Å². The number of aliphatic carboxylic acids is 1. The quantitative estimate of drug-likeness (QED) is 0.838.